The summed E-state index contributed by atoms with van der Waals surface area (Å²) in [5.74, 6) is -1.26. The van der Waals surface area contributed by atoms with Crippen molar-refractivity contribution in [3.63, 3.8) is 0 Å². The Bertz CT molecular complexity index is 963. The SMILES string of the molecule is Cc1cc(N2CCCS2(=O)=O)ccc1C(=O)NCc1ccc(C(=O)O)o1. The van der Waals surface area contributed by atoms with E-state index in [-0.39, 0.29) is 24.0 Å². The molecule has 1 amide bonds. The Labute approximate surface area is 150 Å². The van der Waals surface area contributed by atoms with Gasteiger partial charge in [0.15, 0.2) is 0 Å². The van der Waals surface area contributed by atoms with Crippen LogP contribution >= 0.6 is 0 Å². The van der Waals surface area contributed by atoms with Crippen molar-refractivity contribution >= 4 is 27.6 Å². The normalized spacial score (nSPS) is 15.8. The molecule has 1 aromatic carbocycles. The smallest absolute Gasteiger partial charge is 0.371 e. The number of sulfonamides is 1. The van der Waals surface area contributed by atoms with E-state index >= 15 is 0 Å². The van der Waals surface area contributed by atoms with Gasteiger partial charge in [0.2, 0.25) is 15.8 Å². The number of carbonyl (C=O) groups excluding carboxylic acids is 1. The second-order valence-electron chi connectivity index (χ2n) is 5.99. The molecule has 2 N–H and O–H groups in total. The lowest BCUT2D eigenvalue weighted by molar-refractivity contribution is 0.0660. The minimum atomic E-state index is -3.27. The number of carboxylic acids is 1. The second-order valence-corrected chi connectivity index (χ2v) is 8.01. The Kier molecular flexibility index (Phi) is 4.73. The Morgan fingerprint density at radius 3 is 2.62 bits per heavy atom. The molecule has 1 aliphatic rings. The number of furan rings is 1. The van der Waals surface area contributed by atoms with Gasteiger partial charge in [0.1, 0.15) is 5.76 Å². The van der Waals surface area contributed by atoms with E-state index in [1.807, 2.05) is 0 Å². The summed E-state index contributed by atoms with van der Waals surface area (Å²) in [6.45, 7) is 2.22. The molecule has 8 nitrogen and oxygen atoms in total. The lowest BCUT2D eigenvalue weighted by Crippen LogP contribution is -2.26. The van der Waals surface area contributed by atoms with Crippen molar-refractivity contribution in [3.8, 4) is 0 Å². The Morgan fingerprint density at radius 2 is 2.04 bits per heavy atom. The molecule has 0 spiro atoms. The minimum Gasteiger partial charge on any atom is -0.475 e. The highest BCUT2D eigenvalue weighted by molar-refractivity contribution is 7.93. The number of nitrogens with one attached hydrogen (secondary N) is 1. The highest BCUT2D eigenvalue weighted by atomic mass is 32.2. The third-order valence-corrected chi connectivity index (χ3v) is 6.01. The standard InChI is InChI=1S/C17H18N2O6S/c1-11-9-12(19-7-2-8-26(19,23)24)3-5-14(11)16(20)18-10-13-4-6-15(25-13)17(21)22/h3-6,9H,2,7-8,10H2,1H3,(H,18,20)(H,21,22). The van der Waals surface area contributed by atoms with E-state index in [9.17, 15) is 18.0 Å². The predicted molar refractivity (Wildman–Crippen MR) is 93.8 cm³/mol. The van der Waals surface area contributed by atoms with Crippen LogP contribution in [0.4, 0.5) is 5.69 Å². The van der Waals surface area contributed by atoms with Crippen molar-refractivity contribution < 1.29 is 27.5 Å². The van der Waals surface area contributed by atoms with Gasteiger partial charge in [-0.15, -0.1) is 0 Å². The molecule has 1 saturated heterocycles. The van der Waals surface area contributed by atoms with E-state index in [0.717, 1.165) is 0 Å². The van der Waals surface area contributed by atoms with Crippen LogP contribution in [0.2, 0.25) is 0 Å². The summed E-state index contributed by atoms with van der Waals surface area (Å²) in [6.07, 6.45) is 0.588. The van der Waals surface area contributed by atoms with Gasteiger partial charge in [0.05, 0.1) is 18.0 Å². The predicted octanol–water partition coefficient (Wildman–Crippen LogP) is 1.76. The van der Waals surface area contributed by atoms with Gasteiger partial charge in [-0.25, -0.2) is 13.2 Å². The summed E-state index contributed by atoms with van der Waals surface area (Å²) >= 11 is 0. The fraction of sp³-hybridized carbons (Fsp3) is 0.294. The molecule has 9 heteroatoms. The number of carbonyl (C=O) groups is 2. The number of amides is 1. The third-order valence-electron chi connectivity index (χ3n) is 4.14. The Balaban J connectivity index is 1.70. The van der Waals surface area contributed by atoms with E-state index < -0.39 is 16.0 Å². The van der Waals surface area contributed by atoms with Crippen molar-refractivity contribution in [2.24, 2.45) is 0 Å². The van der Waals surface area contributed by atoms with Gasteiger partial charge in [-0.3, -0.25) is 9.10 Å². The quantitative estimate of drug-likeness (QED) is 0.819. The summed E-state index contributed by atoms with van der Waals surface area (Å²) in [7, 11) is -3.27. The molecule has 2 heterocycles. The van der Waals surface area contributed by atoms with E-state index in [0.29, 0.717) is 35.5 Å². The summed E-state index contributed by atoms with van der Waals surface area (Å²) in [6, 6.07) is 7.67. The van der Waals surface area contributed by atoms with Crippen LogP contribution in [0.5, 0.6) is 0 Å². The summed E-state index contributed by atoms with van der Waals surface area (Å²) in [4.78, 5) is 23.1. The summed E-state index contributed by atoms with van der Waals surface area (Å²) < 4.78 is 30.4. The molecule has 0 saturated carbocycles. The minimum absolute atomic E-state index is 0.0494. The third kappa shape index (κ3) is 3.57. The molecule has 0 unspecified atom stereocenters. The number of benzene rings is 1. The van der Waals surface area contributed by atoms with Crippen LogP contribution in [0.25, 0.3) is 0 Å². The van der Waals surface area contributed by atoms with Crippen LogP contribution in [0.3, 0.4) is 0 Å². The first-order valence-electron chi connectivity index (χ1n) is 7.99. The van der Waals surface area contributed by atoms with E-state index in [4.69, 9.17) is 9.52 Å². The number of hydrogen-bond acceptors (Lipinski definition) is 5. The molecule has 1 fully saturated rings. The van der Waals surface area contributed by atoms with Crippen LogP contribution in [0.1, 0.15) is 38.7 Å². The summed E-state index contributed by atoms with van der Waals surface area (Å²) in [5, 5.41) is 11.5. The van der Waals surface area contributed by atoms with Gasteiger partial charge in [0, 0.05) is 12.1 Å². The Morgan fingerprint density at radius 1 is 1.27 bits per heavy atom. The molecule has 0 aliphatic carbocycles. The number of carboxylic acid groups (broad SMARTS) is 1. The lowest BCUT2D eigenvalue weighted by Gasteiger charge is -2.18. The average Bonchev–Trinajstić information content (AvgIpc) is 3.18. The number of hydrogen-bond donors (Lipinski definition) is 2. The summed E-state index contributed by atoms with van der Waals surface area (Å²) in [5.41, 5.74) is 1.61. The van der Waals surface area contributed by atoms with Crippen LogP contribution < -0.4 is 9.62 Å². The average molecular weight is 378 g/mol. The highest BCUT2D eigenvalue weighted by Gasteiger charge is 2.28. The molecule has 1 aliphatic heterocycles. The van der Waals surface area contributed by atoms with Crippen molar-refractivity contribution in [2.75, 3.05) is 16.6 Å². The zero-order chi connectivity index (χ0) is 18.9. The van der Waals surface area contributed by atoms with Gasteiger partial charge < -0.3 is 14.8 Å². The van der Waals surface area contributed by atoms with E-state index in [1.165, 1.54) is 16.4 Å². The maximum Gasteiger partial charge on any atom is 0.371 e. The van der Waals surface area contributed by atoms with Gasteiger partial charge in [0.25, 0.3) is 5.91 Å². The van der Waals surface area contributed by atoms with Crippen LogP contribution in [-0.2, 0) is 16.6 Å². The van der Waals surface area contributed by atoms with Crippen LogP contribution in [-0.4, -0.2) is 37.7 Å². The highest BCUT2D eigenvalue weighted by Crippen LogP contribution is 2.26. The first-order valence-corrected chi connectivity index (χ1v) is 9.60. The zero-order valence-electron chi connectivity index (χ0n) is 14.1. The van der Waals surface area contributed by atoms with Crippen molar-refractivity contribution in [1.29, 1.82) is 0 Å². The topological polar surface area (TPSA) is 117 Å². The lowest BCUT2D eigenvalue weighted by atomic mass is 10.1. The molecule has 3 rings (SSSR count). The molecule has 2 aromatic rings. The maximum absolute atomic E-state index is 12.3. The monoisotopic (exact) mass is 378 g/mol. The van der Waals surface area contributed by atoms with E-state index in [2.05, 4.69) is 5.32 Å². The number of nitrogens with zero attached hydrogens (tertiary/aromatic N) is 1. The maximum atomic E-state index is 12.3. The molecule has 138 valence electrons. The number of aryl methyl sites for hydroxylation is 1. The second kappa shape index (κ2) is 6.83. The molecule has 26 heavy (non-hydrogen) atoms. The number of anilines is 1. The Hall–Kier alpha value is -2.81. The molecule has 0 bridgehead atoms. The largest absolute Gasteiger partial charge is 0.475 e. The first-order chi connectivity index (χ1) is 12.3. The molecule has 1 aromatic heterocycles. The van der Waals surface area contributed by atoms with Gasteiger partial charge in [-0.2, -0.15) is 0 Å². The molecule has 0 radical (unpaired) electrons. The van der Waals surface area contributed by atoms with Crippen molar-refractivity contribution in [1.82, 2.24) is 5.32 Å². The fourth-order valence-corrected chi connectivity index (χ4v) is 4.39. The van der Waals surface area contributed by atoms with Crippen LogP contribution in [0, 0.1) is 6.92 Å². The molecular formula is C17H18N2O6S. The van der Waals surface area contributed by atoms with Gasteiger partial charge in [-0.1, -0.05) is 0 Å². The zero-order valence-corrected chi connectivity index (χ0v) is 14.9. The number of aromatic carboxylic acids is 1. The van der Waals surface area contributed by atoms with E-state index in [1.54, 1.807) is 25.1 Å². The fourth-order valence-electron chi connectivity index (χ4n) is 2.84. The van der Waals surface area contributed by atoms with Crippen molar-refractivity contribution in [2.45, 2.75) is 19.9 Å². The van der Waals surface area contributed by atoms with Crippen LogP contribution in [0.15, 0.2) is 34.7 Å². The van der Waals surface area contributed by atoms with Gasteiger partial charge in [-0.05, 0) is 49.2 Å². The number of rotatable bonds is 5. The molecular weight excluding hydrogens is 360 g/mol. The van der Waals surface area contributed by atoms with Crippen molar-refractivity contribution in [3.05, 3.63) is 53.0 Å². The molecule has 0 atom stereocenters. The van der Waals surface area contributed by atoms with Gasteiger partial charge >= 0.3 is 5.97 Å². The first kappa shape index (κ1) is 18.0.